The molecule has 1 N–H and O–H groups in total. The second-order valence-corrected chi connectivity index (χ2v) is 9.81. The number of aryl methyl sites for hydroxylation is 1. The second kappa shape index (κ2) is 12.1. The van der Waals surface area contributed by atoms with Gasteiger partial charge in [-0.3, -0.25) is 19.8 Å². The van der Waals surface area contributed by atoms with Gasteiger partial charge in [0.1, 0.15) is 35.2 Å². The van der Waals surface area contributed by atoms with Crippen LogP contribution in [0.15, 0.2) is 96.6 Å². The van der Waals surface area contributed by atoms with Crippen molar-refractivity contribution >= 4 is 40.9 Å². The molecule has 0 radical (unpaired) electrons. The Balaban J connectivity index is 1.38. The van der Waals surface area contributed by atoms with Gasteiger partial charge < -0.3 is 14.2 Å². The molecule has 8 heteroatoms. The number of hydrogen-bond donors (Lipinski definition) is 1. The first-order chi connectivity index (χ1) is 19.8. The van der Waals surface area contributed by atoms with E-state index in [2.05, 4.69) is 5.32 Å². The third-order valence-electron chi connectivity index (χ3n) is 6.73. The van der Waals surface area contributed by atoms with Crippen molar-refractivity contribution in [3.8, 4) is 23.0 Å². The highest BCUT2D eigenvalue weighted by Gasteiger charge is 2.34. The molecule has 4 aromatic rings. The maximum Gasteiger partial charge on any atom is 0.270 e. The monoisotopic (exact) mass is 564 g/mol. The van der Waals surface area contributed by atoms with Crippen molar-refractivity contribution in [2.24, 2.45) is 0 Å². The molecule has 2 amide bonds. The highest BCUT2D eigenvalue weighted by molar-refractivity contribution is 7.80. The Hall–Kier alpha value is -4.95. The molecule has 7 nitrogen and oxygen atoms in total. The fraction of sp³-hybridized carbons (Fsp3) is 0.121. The molecule has 1 heterocycles. The smallest absolute Gasteiger partial charge is 0.270 e. The van der Waals surface area contributed by atoms with Crippen LogP contribution in [0.3, 0.4) is 0 Å². The lowest BCUT2D eigenvalue weighted by atomic mass is 10.0. The zero-order valence-electron chi connectivity index (χ0n) is 22.8. The summed E-state index contributed by atoms with van der Waals surface area (Å²) in [6, 6.07) is 27.6. The second-order valence-electron chi connectivity index (χ2n) is 9.42. The van der Waals surface area contributed by atoms with Crippen LogP contribution < -0.4 is 24.4 Å². The number of nitrogens with zero attached hydrogens (tertiary/aromatic N) is 1. The van der Waals surface area contributed by atoms with Crippen molar-refractivity contribution in [1.29, 1.82) is 0 Å². The molecule has 0 spiro atoms. The van der Waals surface area contributed by atoms with Crippen LogP contribution in [-0.2, 0) is 16.2 Å². The summed E-state index contributed by atoms with van der Waals surface area (Å²) in [7, 11) is 1.59. The Morgan fingerprint density at radius 1 is 0.854 bits per heavy atom. The summed E-state index contributed by atoms with van der Waals surface area (Å²) >= 11 is 5.35. The van der Waals surface area contributed by atoms with E-state index in [1.54, 1.807) is 49.6 Å². The van der Waals surface area contributed by atoms with Crippen LogP contribution in [-0.4, -0.2) is 24.0 Å². The predicted molar refractivity (Wildman–Crippen MR) is 162 cm³/mol. The summed E-state index contributed by atoms with van der Waals surface area (Å²) in [5.41, 5.74) is 4.06. The van der Waals surface area contributed by atoms with Gasteiger partial charge in [-0.15, -0.1) is 0 Å². The Labute approximate surface area is 244 Å². The topological polar surface area (TPSA) is 77.1 Å². The van der Waals surface area contributed by atoms with E-state index in [0.717, 1.165) is 22.4 Å². The minimum atomic E-state index is -0.565. The number of benzene rings is 4. The van der Waals surface area contributed by atoms with E-state index in [-0.39, 0.29) is 17.3 Å². The Kier molecular flexibility index (Phi) is 8.12. The zero-order valence-corrected chi connectivity index (χ0v) is 23.7. The van der Waals surface area contributed by atoms with Crippen LogP contribution in [0.2, 0.25) is 0 Å². The average Bonchev–Trinajstić information content (AvgIpc) is 2.97. The van der Waals surface area contributed by atoms with Crippen LogP contribution in [0.1, 0.15) is 22.3 Å². The van der Waals surface area contributed by atoms with Crippen molar-refractivity contribution in [2.75, 3.05) is 12.0 Å². The predicted octanol–water partition coefficient (Wildman–Crippen LogP) is 6.51. The fourth-order valence-corrected chi connectivity index (χ4v) is 4.66. The first kappa shape index (κ1) is 27.6. The normalized spacial score (nSPS) is 14.2. The van der Waals surface area contributed by atoms with Crippen molar-refractivity contribution in [3.05, 3.63) is 119 Å². The number of amides is 2. The molecule has 0 aliphatic carbocycles. The van der Waals surface area contributed by atoms with Gasteiger partial charge in [-0.1, -0.05) is 36.4 Å². The highest BCUT2D eigenvalue weighted by atomic mass is 32.1. The Morgan fingerprint density at radius 3 is 2.32 bits per heavy atom. The summed E-state index contributed by atoms with van der Waals surface area (Å²) in [6.45, 7) is 4.29. The van der Waals surface area contributed by atoms with Crippen LogP contribution in [0.5, 0.6) is 23.0 Å². The molecule has 5 rings (SSSR count). The number of hydrogen-bond acceptors (Lipinski definition) is 6. The maximum absolute atomic E-state index is 13.5. The lowest BCUT2D eigenvalue weighted by Crippen LogP contribution is -2.54. The lowest BCUT2D eigenvalue weighted by Gasteiger charge is -2.29. The molecule has 1 fully saturated rings. The van der Waals surface area contributed by atoms with Crippen LogP contribution in [0.25, 0.3) is 6.08 Å². The van der Waals surface area contributed by atoms with E-state index >= 15 is 0 Å². The summed E-state index contributed by atoms with van der Waals surface area (Å²) in [5.74, 6) is 1.62. The quantitative estimate of drug-likeness (QED) is 0.149. The van der Waals surface area contributed by atoms with Crippen molar-refractivity contribution in [1.82, 2.24) is 5.32 Å². The van der Waals surface area contributed by atoms with E-state index in [0.29, 0.717) is 28.5 Å². The van der Waals surface area contributed by atoms with Crippen LogP contribution in [0.4, 0.5) is 5.69 Å². The first-order valence-corrected chi connectivity index (χ1v) is 13.3. The maximum atomic E-state index is 13.5. The molecule has 41 heavy (non-hydrogen) atoms. The molecule has 4 aromatic carbocycles. The van der Waals surface area contributed by atoms with Gasteiger partial charge in [0.25, 0.3) is 11.8 Å². The SMILES string of the molecule is COc1ccc(/C=C2\C(=O)NC(=S)N(c3ccc(Oc4ccccc4)cc3)C2=O)cc1COc1cccc(C)c1C. The van der Waals surface area contributed by atoms with Crippen molar-refractivity contribution < 1.29 is 23.8 Å². The largest absolute Gasteiger partial charge is 0.496 e. The summed E-state index contributed by atoms with van der Waals surface area (Å²) in [6.07, 6.45) is 1.54. The summed E-state index contributed by atoms with van der Waals surface area (Å²) < 4.78 is 17.5. The molecule has 0 unspecified atom stereocenters. The lowest BCUT2D eigenvalue weighted by molar-refractivity contribution is -0.122. The third-order valence-corrected chi connectivity index (χ3v) is 7.01. The van der Waals surface area contributed by atoms with Crippen molar-refractivity contribution in [2.45, 2.75) is 20.5 Å². The van der Waals surface area contributed by atoms with Gasteiger partial charge in [0.15, 0.2) is 5.11 Å². The number of rotatable bonds is 8. The van der Waals surface area contributed by atoms with Gasteiger partial charge in [-0.25, -0.2) is 0 Å². The minimum absolute atomic E-state index is 0.00576. The standard InChI is InChI=1S/C33H28N2O5S/c1-21-8-7-11-29(22(21)2)39-20-24-18-23(12-17-30(24)38-3)19-28-31(36)34-33(41)35(32(28)37)25-13-15-27(16-14-25)40-26-9-5-4-6-10-26/h4-19H,20H2,1-3H3,(H,34,36,41)/b28-19+. The van der Waals surface area contributed by atoms with E-state index in [9.17, 15) is 9.59 Å². The van der Waals surface area contributed by atoms with Gasteiger partial charge in [0.05, 0.1) is 12.8 Å². The molecule has 0 atom stereocenters. The fourth-order valence-electron chi connectivity index (χ4n) is 4.38. The van der Waals surface area contributed by atoms with Crippen LogP contribution in [0, 0.1) is 13.8 Å². The molecule has 0 saturated carbocycles. The van der Waals surface area contributed by atoms with E-state index in [4.69, 9.17) is 26.4 Å². The van der Waals surface area contributed by atoms with Gasteiger partial charge in [-0.2, -0.15) is 0 Å². The number of ether oxygens (including phenoxy) is 3. The van der Waals surface area contributed by atoms with E-state index in [1.165, 1.54) is 4.90 Å². The first-order valence-electron chi connectivity index (χ1n) is 12.9. The molecular weight excluding hydrogens is 536 g/mol. The molecular formula is C33H28N2O5S. The third kappa shape index (κ3) is 6.13. The number of carbonyl (C=O) groups is 2. The van der Waals surface area contributed by atoms with E-state index < -0.39 is 11.8 Å². The number of methoxy groups -OCH3 is 1. The molecule has 1 aliphatic rings. The van der Waals surface area contributed by atoms with Gasteiger partial charge in [0, 0.05) is 5.56 Å². The molecule has 1 aliphatic heterocycles. The van der Waals surface area contributed by atoms with Gasteiger partial charge in [0.2, 0.25) is 0 Å². The zero-order chi connectivity index (χ0) is 28.9. The number of thiocarbonyl (C=S) groups is 1. The number of para-hydroxylation sites is 1. The number of anilines is 1. The Bertz CT molecular complexity index is 1650. The van der Waals surface area contributed by atoms with Gasteiger partial charge in [-0.05, 0) is 103 Å². The van der Waals surface area contributed by atoms with Gasteiger partial charge >= 0.3 is 0 Å². The average molecular weight is 565 g/mol. The van der Waals surface area contributed by atoms with Crippen LogP contribution >= 0.6 is 12.2 Å². The molecule has 0 bridgehead atoms. The Morgan fingerprint density at radius 2 is 1.59 bits per heavy atom. The summed E-state index contributed by atoms with van der Waals surface area (Å²) in [4.78, 5) is 27.7. The van der Waals surface area contributed by atoms with Crippen molar-refractivity contribution in [3.63, 3.8) is 0 Å². The molecule has 0 aromatic heterocycles. The molecule has 206 valence electrons. The summed E-state index contributed by atoms with van der Waals surface area (Å²) in [5, 5.41) is 2.63. The number of nitrogens with one attached hydrogen (secondary N) is 1. The van der Waals surface area contributed by atoms with E-state index in [1.807, 2.05) is 68.4 Å². The number of carbonyl (C=O) groups excluding carboxylic acids is 2. The minimum Gasteiger partial charge on any atom is -0.496 e. The molecule has 1 saturated heterocycles. The highest BCUT2D eigenvalue weighted by Crippen LogP contribution is 2.29.